The SMILES string of the molecule is Cc1nc(CC2(C(=O)O)CCc3ccccc3C2)cs1. The molecule has 2 aromatic rings. The van der Waals surface area contributed by atoms with E-state index < -0.39 is 11.4 Å². The minimum atomic E-state index is -0.700. The summed E-state index contributed by atoms with van der Waals surface area (Å²) in [5, 5.41) is 12.7. The first-order valence-corrected chi connectivity index (χ1v) is 7.68. The van der Waals surface area contributed by atoms with Gasteiger partial charge in [0.1, 0.15) is 0 Å². The number of aliphatic carboxylic acids is 1. The van der Waals surface area contributed by atoms with Crippen LogP contribution in [0.1, 0.15) is 28.2 Å². The maximum atomic E-state index is 11.9. The highest BCUT2D eigenvalue weighted by molar-refractivity contribution is 7.09. The number of aromatic nitrogens is 1. The Kier molecular flexibility index (Phi) is 3.34. The summed E-state index contributed by atoms with van der Waals surface area (Å²) in [7, 11) is 0. The number of fused-ring (bicyclic) bond motifs is 1. The Morgan fingerprint density at radius 1 is 1.40 bits per heavy atom. The molecule has 0 amide bonds. The number of nitrogens with zero attached hydrogens (tertiary/aromatic N) is 1. The largest absolute Gasteiger partial charge is 0.481 e. The Morgan fingerprint density at radius 2 is 2.15 bits per heavy atom. The van der Waals surface area contributed by atoms with E-state index in [4.69, 9.17) is 0 Å². The molecular weight excluding hydrogens is 270 g/mol. The summed E-state index contributed by atoms with van der Waals surface area (Å²) >= 11 is 1.58. The molecule has 1 aromatic heterocycles. The smallest absolute Gasteiger partial charge is 0.310 e. The Morgan fingerprint density at radius 3 is 2.80 bits per heavy atom. The summed E-state index contributed by atoms with van der Waals surface area (Å²) < 4.78 is 0. The van der Waals surface area contributed by atoms with Crippen molar-refractivity contribution in [3.63, 3.8) is 0 Å². The third kappa shape index (κ3) is 2.36. The molecule has 20 heavy (non-hydrogen) atoms. The third-order valence-electron chi connectivity index (χ3n) is 4.16. The van der Waals surface area contributed by atoms with Gasteiger partial charge in [0.25, 0.3) is 0 Å². The summed E-state index contributed by atoms with van der Waals surface area (Å²) in [4.78, 5) is 16.3. The van der Waals surface area contributed by atoms with Crippen LogP contribution in [0.3, 0.4) is 0 Å². The van der Waals surface area contributed by atoms with Gasteiger partial charge in [0, 0.05) is 11.8 Å². The van der Waals surface area contributed by atoms with E-state index in [1.54, 1.807) is 11.3 Å². The minimum absolute atomic E-state index is 0.529. The predicted molar refractivity (Wildman–Crippen MR) is 79.1 cm³/mol. The zero-order valence-electron chi connectivity index (χ0n) is 11.4. The van der Waals surface area contributed by atoms with Crippen LogP contribution in [-0.4, -0.2) is 16.1 Å². The summed E-state index contributed by atoms with van der Waals surface area (Å²) in [6.07, 6.45) is 2.66. The first kappa shape index (κ1) is 13.3. The van der Waals surface area contributed by atoms with E-state index in [9.17, 15) is 9.90 Å². The van der Waals surface area contributed by atoms with E-state index in [0.717, 1.165) is 17.1 Å². The van der Waals surface area contributed by atoms with E-state index >= 15 is 0 Å². The molecule has 1 aliphatic carbocycles. The van der Waals surface area contributed by atoms with Gasteiger partial charge in [-0.1, -0.05) is 24.3 Å². The van der Waals surface area contributed by atoms with E-state index in [0.29, 0.717) is 19.3 Å². The van der Waals surface area contributed by atoms with Crippen LogP contribution in [0.2, 0.25) is 0 Å². The van der Waals surface area contributed by atoms with Crippen molar-refractivity contribution in [3.8, 4) is 0 Å². The second-order valence-corrected chi connectivity index (χ2v) is 6.63. The van der Waals surface area contributed by atoms with Crippen molar-refractivity contribution < 1.29 is 9.90 Å². The molecule has 0 saturated carbocycles. The highest BCUT2D eigenvalue weighted by Gasteiger charge is 2.41. The van der Waals surface area contributed by atoms with Gasteiger partial charge in [0.2, 0.25) is 0 Å². The maximum absolute atomic E-state index is 11.9. The summed E-state index contributed by atoms with van der Waals surface area (Å²) in [5.74, 6) is -0.697. The number of carboxylic acids is 1. The Hall–Kier alpha value is -1.68. The lowest BCUT2D eigenvalue weighted by Gasteiger charge is -2.34. The highest BCUT2D eigenvalue weighted by atomic mass is 32.1. The standard InChI is InChI=1S/C16H17NO2S/c1-11-17-14(10-20-11)9-16(15(18)19)7-6-12-4-2-3-5-13(12)8-16/h2-5,10H,6-9H2,1H3,(H,18,19). The monoisotopic (exact) mass is 287 g/mol. The average molecular weight is 287 g/mol. The van der Waals surface area contributed by atoms with Crippen molar-refractivity contribution in [1.29, 1.82) is 0 Å². The maximum Gasteiger partial charge on any atom is 0.310 e. The molecule has 1 N–H and O–H groups in total. The number of hydrogen-bond acceptors (Lipinski definition) is 3. The first-order chi connectivity index (χ1) is 9.59. The van der Waals surface area contributed by atoms with E-state index in [1.165, 1.54) is 11.1 Å². The van der Waals surface area contributed by atoms with Crippen LogP contribution in [0.4, 0.5) is 0 Å². The molecule has 3 rings (SSSR count). The van der Waals surface area contributed by atoms with Crippen LogP contribution in [-0.2, 0) is 24.1 Å². The van der Waals surface area contributed by atoms with Crippen molar-refractivity contribution >= 4 is 17.3 Å². The van der Waals surface area contributed by atoms with Crippen LogP contribution in [0.5, 0.6) is 0 Å². The van der Waals surface area contributed by atoms with Crippen molar-refractivity contribution in [2.45, 2.75) is 32.6 Å². The second-order valence-electron chi connectivity index (χ2n) is 5.57. The lowest BCUT2D eigenvalue weighted by atomic mass is 9.69. The fourth-order valence-electron chi connectivity index (χ4n) is 3.05. The van der Waals surface area contributed by atoms with E-state index in [2.05, 4.69) is 17.1 Å². The number of carboxylic acid groups (broad SMARTS) is 1. The topological polar surface area (TPSA) is 50.2 Å². The van der Waals surface area contributed by atoms with Gasteiger partial charge in [-0.05, 0) is 37.3 Å². The van der Waals surface area contributed by atoms with Crippen LogP contribution in [0, 0.1) is 12.3 Å². The minimum Gasteiger partial charge on any atom is -0.481 e. The van der Waals surface area contributed by atoms with Gasteiger partial charge in [0.15, 0.2) is 0 Å². The molecule has 1 atom stereocenters. The number of rotatable bonds is 3. The predicted octanol–water partition coefficient (Wildman–Crippen LogP) is 3.25. The van der Waals surface area contributed by atoms with Gasteiger partial charge in [-0.25, -0.2) is 4.98 Å². The number of carbonyl (C=O) groups is 1. The molecule has 0 aliphatic heterocycles. The van der Waals surface area contributed by atoms with E-state index in [1.807, 2.05) is 24.4 Å². The van der Waals surface area contributed by atoms with E-state index in [-0.39, 0.29) is 0 Å². The summed E-state index contributed by atoms with van der Waals surface area (Å²) in [6.45, 7) is 1.96. The Bertz CT molecular complexity index is 649. The number of benzene rings is 1. The third-order valence-corrected chi connectivity index (χ3v) is 4.98. The van der Waals surface area contributed by atoms with Crippen LogP contribution < -0.4 is 0 Å². The first-order valence-electron chi connectivity index (χ1n) is 6.80. The van der Waals surface area contributed by atoms with Gasteiger partial charge in [-0.3, -0.25) is 4.79 Å². The van der Waals surface area contributed by atoms with Crippen LogP contribution >= 0.6 is 11.3 Å². The van der Waals surface area contributed by atoms with Gasteiger partial charge < -0.3 is 5.11 Å². The molecule has 0 bridgehead atoms. The Labute approximate surface area is 122 Å². The molecule has 0 spiro atoms. The highest BCUT2D eigenvalue weighted by Crippen LogP contribution is 2.38. The van der Waals surface area contributed by atoms with Gasteiger partial charge in [0.05, 0.1) is 16.1 Å². The normalized spacial score (nSPS) is 21.4. The van der Waals surface area contributed by atoms with Crippen LogP contribution in [0.25, 0.3) is 0 Å². The lowest BCUT2D eigenvalue weighted by Crippen LogP contribution is -2.39. The molecular formula is C16H17NO2S. The molecule has 0 fully saturated rings. The van der Waals surface area contributed by atoms with Crippen molar-refractivity contribution in [2.75, 3.05) is 0 Å². The molecule has 1 aliphatic rings. The van der Waals surface area contributed by atoms with Crippen molar-refractivity contribution in [2.24, 2.45) is 5.41 Å². The molecule has 0 saturated heterocycles. The fourth-order valence-corrected chi connectivity index (χ4v) is 3.66. The number of hydrogen-bond donors (Lipinski definition) is 1. The second kappa shape index (κ2) is 5.02. The van der Waals surface area contributed by atoms with Crippen LogP contribution in [0.15, 0.2) is 29.6 Å². The van der Waals surface area contributed by atoms with Gasteiger partial charge in [-0.2, -0.15) is 0 Å². The molecule has 1 aromatic carbocycles. The van der Waals surface area contributed by atoms with Gasteiger partial charge in [-0.15, -0.1) is 11.3 Å². The van der Waals surface area contributed by atoms with Gasteiger partial charge >= 0.3 is 5.97 Å². The number of aryl methyl sites for hydroxylation is 2. The Balaban J connectivity index is 1.92. The number of thiazole rings is 1. The molecule has 3 nitrogen and oxygen atoms in total. The zero-order chi connectivity index (χ0) is 14.2. The molecule has 0 radical (unpaired) electrons. The van der Waals surface area contributed by atoms with Crippen molar-refractivity contribution in [1.82, 2.24) is 4.98 Å². The molecule has 1 heterocycles. The summed E-state index contributed by atoms with van der Waals surface area (Å²) in [5.41, 5.74) is 2.68. The molecule has 4 heteroatoms. The zero-order valence-corrected chi connectivity index (χ0v) is 12.2. The molecule has 104 valence electrons. The molecule has 1 unspecified atom stereocenters. The average Bonchev–Trinajstić information content (AvgIpc) is 2.83. The quantitative estimate of drug-likeness (QED) is 0.942. The lowest BCUT2D eigenvalue weighted by molar-refractivity contribution is -0.149. The summed E-state index contributed by atoms with van der Waals surface area (Å²) in [6, 6.07) is 8.17. The van der Waals surface area contributed by atoms with Crippen molar-refractivity contribution in [3.05, 3.63) is 51.5 Å². The fraction of sp³-hybridized carbons (Fsp3) is 0.375.